The molecule has 0 aromatic rings. The van der Waals surface area contributed by atoms with E-state index in [4.69, 9.17) is 14.3 Å². The molecule has 2 heterocycles. The number of urea groups is 1. The van der Waals surface area contributed by atoms with Crippen molar-refractivity contribution in [1.82, 2.24) is 20.6 Å². The largest absolute Gasteiger partial charge is 0.356 e. The fraction of sp³-hybridized carbons (Fsp3) is 0.864. The summed E-state index contributed by atoms with van der Waals surface area (Å²) in [5.74, 6) is 1.04. The van der Waals surface area contributed by atoms with E-state index < -0.39 is 8.53 Å². The molecule has 188 valence electrons. The molecule has 2 rings (SSSR count). The van der Waals surface area contributed by atoms with E-state index in [-0.39, 0.29) is 36.1 Å². The molecule has 3 N–H and O–H groups in total. The predicted octanol–water partition coefficient (Wildman–Crippen LogP) is 3.51. The highest BCUT2D eigenvalue weighted by molar-refractivity contribution is 8.00. The minimum absolute atomic E-state index is 0.0546. The van der Waals surface area contributed by atoms with Gasteiger partial charge in [-0.3, -0.25) is 4.79 Å². The number of rotatable bonds is 16. The van der Waals surface area contributed by atoms with E-state index in [1.165, 1.54) is 0 Å². The highest BCUT2D eigenvalue weighted by Crippen LogP contribution is 2.46. The Morgan fingerprint density at radius 3 is 2.64 bits per heavy atom. The lowest BCUT2D eigenvalue weighted by Gasteiger charge is -2.35. The molecule has 2 aliphatic rings. The van der Waals surface area contributed by atoms with Gasteiger partial charge < -0.3 is 25.0 Å². The maximum Gasteiger partial charge on any atom is 0.315 e. The summed E-state index contributed by atoms with van der Waals surface area (Å²) in [6, 6.07) is 3.07. The number of fused-ring (bicyclic) bond motifs is 1. The second-order valence-electron chi connectivity index (χ2n) is 8.95. The zero-order chi connectivity index (χ0) is 24.2. The van der Waals surface area contributed by atoms with E-state index in [1.807, 2.05) is 11.8 Å². The van der Waals surface area contributed by atoms with Crippen LogP contribution >= 0.6 is 20.3 Å². The molecule has 2 saturated heterocycles. The topological polar surface area (TPSA) is 116 Å². The SMILES string of the molecule is CC(C)N(C(C)C)P(OCCC#N)OCCCNC(=O)CCCC[C@@H]1SC[C@@H]2NC(=O)N[C@@H]21. The first-order valence-corrected chi connectivity index (χ1v) is 14.2. The summed E-state index contributed by atoms with van der Waals surface area (Å²) >= 11 is 1.91. The highest BCUT2D eigenvalue weighted by Gasteiger charge is 2.42. The molecule has 3 amide bonds. The van der Waals surface area contributed by atoms with Gasteiger partial charge in [-0.15, -0.1) is 0 Å². The third kappa shape index (κ3) is 9.58. The van der Waals surface area contributed by atoms with Crippen molar-refractivity contribution in [2.75, 3.05) is 25.5 Å². The minimum atomic E-state index is -1.23. The van der Waals surface area contributed by atoms with Crippen LogP contribution in [0.5, 0.6) is 0 Å². The van der Waals surface area contributed by atoms with Crippen molar-refractivity contribution in [3.8, 4) is 6.07 Å². The molecule has 0 aromatic heterocycles. The van der Waals surface area contributed by atoms with Crippen LogP contribution in [0.15, 0.2) is 0 Å². The van der Waals surface area contributed by atoms with Gasteiger partial charge in [-0.1, -0.05) is 6.42 Å². The lowest BCUT2D eigenvalue weighted by atomic mass is 10.0. The lowest BCUT2D eigenvalue weighted by Crippen LogP contribution is -2.36. The Bertz CT molecular complexity index is 655. The summed E-state index contributed by atoms with van der Waals surface area (Å²) in [4.78, 5) is 23.6. The van der Waals surface area contributed by atoms with Gasteiger partial charge >= 0.3 is 6.03 Å². The van der Waals surface area contributed by atoms with Crippen molar-refractivity contribution in [3.05, 3.63) is 0 Å². The number of hydrogen-bond donors (Lipinski definition) is 3. The van der Waals surface area contributed by atoms with Crippen molar-refractivity contribution >= 4 is 32.2 Å². The molecule has 11 heteroatoms. The van der Waals surface area contributed by atoms with E-state index in [1.54, 1.807) is 0 Å². The van der Waals surface area contributed by atoms with Crippen LogP contribution in [0.3, 0.4) is 0 Å². The Morgan fingerprint density at radius 2 is 1.94 bits per heavy atom. The molecule has 4 atom stereocenters. The Hall–Kier alpha value is -1.11. The molecule has 0 spiro atoms. The van der Waals surface area contributed by atoms with Crippen LogP contribution < -0.4 is 16.0 Å². The maximum atomic E-state index is 12.1. The second-order valence-corrected chi connectivity index (χ2v) is 11.7. The molecule has 0 aromatic carbocycles. The van der Waals surface area contributed by atoms with Gasteiger partial charge in [0.25, 0.3) is 8.53 Å². The standard InChI is InChI=1S/C22H40N5O4PS/c1-16(2)27(17(3)4)32(30-13-7-11-23)31-14-8-12-24-20(28)10-6-5-9-19-21-18(15-33-19)25-22(29)26-21/h16-19,21H,5-10,12-15H2,1-4H3,(H,24,28)(H2,25,26,29)/t18-,19-,21-,32?/m0/s1. The number of carbonyl (C=O) groups excluding carboxylic acids is 2. The van der Waals surface area contributed by atoms with E-state index >= 15 is 0 Å². The van der Waals surface area contributed by atoms with Gasteiger partial charge in [0.2, 0.25) is 5.91 Å². The van der Waals surface area contributed by atoms with Crippen LogP contribution in [0, 0.1) is 11.3 Å². The number of carbonyl (C=O) groups is 2. The highest BCUT2D eigenvalue weighted by atomic mass is 32.2. The molecule has 9 nitrogen and oxygen atoms in total. The van der Waals surface area contributed by atoms with E-state index in [2.05, 4.69) is 54.4 Å². The molecule has 33 heavy (non-hydrogen) atoms. The van der Waals surface area contributed by atoms with Crippen LogP contribution in [-0.4, -0.2) is 71.5 Å². The van der Waals surface area contributed by atoms with Crippen molar-refractivity contribution < 1.29 is 18.6 Å². The normalized spacial score (nSPS) is 22.8. The first kappa shape index (κ1) is 28.1. The van der Waals surface area contributed by atoms with Gasteiger partial charge in [-0.05, 0) is 47.0 Å². The Balaban J connectivity index is 1.57. The Morgan fingerprint density at radius 1 is 1.21 bits per heavy atom. The number of hydrogen-bond acceptors (Lipinski definition) is 7. The third-order valence-electron chi connectivity index (χ3n) is 5.59. The van der Waals surface area contributed by atoms with Crippen molar-refractivity contribution in [3.63, 3.8) is 0 Å². The number of thioether (sulfide) groups is 1. The first-order valence-electron chi connectivity index (χ1n) is 12.0. The summed E-state index contributed by atoms with van der Waals surface area (Å²) in [6.45, 7) is 9.86. The number of nitriles is 1. The minimum Gasteiger partial charge on any atom is -0.356 e. The zero-order valence-electron chi connectivity index (χ0n) is 20.3. The van der Waals surface area contributed by atoms with Crippen molar-refractivity contribution in [2.24, 2.45) is 0 Å². The fourth-order valence-electron chi connectivity index (χ4n) is 4.12. The quantitative estimate of drug-likeness (QED) is 0.168. The Kier molecular flexibility index (Phi) is 12.8. The van der Waals surface area contributed by atoms with Crippen LogP contribution in [0.25, 0.3) is 0 Å². The van der Waals surface area contributed by atoms with E-state index in [0.29, 0.717) is 44.3 Å². The summed E-state index contributed by atoms with van der Waals surface area (Å²) in [5, 5.41) is 18.2. The number of nitrogens with one attached hydrogen (secondary N) is 3. The second kappa shape index (κ2) is 15.0. The average molecular weight is 502 g/mol. The lowest BCUT2D eigenvalue weighted by molar-refractivity contribution is -0.121. The molecule has 1 unspecified atom stereocenters. The van der Waals surface area contributed by atoms with Gasteiger partial charge in [0, 0.05) is 36.1 Å². The van der Waals surface area contributed by atoms with Gasteiger partial charge in [-0.2, -0.15) is 17.0 Å². The van der Waals surface area contributed by atoms with Crippen LogP contribution in [0.4, 0.5) is 4.79 Å². The van der Waals surface area contributed by atoms with Crippen molar-refractivity contribution in [1.29, 1.82) is 5.26 Å². The number of unbranched alkanes of at least 4 members (excludes halogenated alkanes) is 1. The predicted molar refractivity (Wildman–Crippen MR) is 133 cm³/mol. The molecular formula is C22H40N5O4PS. The molecule has 0 bridgehead atoms. The average Bonchev–Trinajstić information content (AvgIpc) is 3.29. The van der Waals surface area contributed by atoms with E-state index in [0.717, 1.165) is 25.0 Å². The fourth-order valence-corrected chi connectivity index (χ4v) is 7.29. The summed E-state index contributed by atoms with van der Waals surface area (Å²) in [5.41, 5.74) is 0. The third-order valence-corrected chi connectivity index (χ3v) is 9.20. The molecule has 0 saturated carbocycles. The zero-order valence-corrected chi connectivity index (χ0v) is 22.1. The molecule has 0 radical (unpaired) electrons. The molecule has 2 fully saturated rings. The Labute approximate surface area is 204 Å². The van der Waals surface area contributed by atoms with Gasteiger partial charge in [-0.25, -0.2) is 9.46 Å². The molecule has 0 aliphatic carbocycles. The summed E-state index contributed by atoms with van der Waals surface area (Å²) < 4.78 is 14.1. The monoisotopic (exact) mass is 501 g/mol. The number of nitrogens with zero attached hydrogens (tertiary/aromatic N) is 2. The van der Waals surface area contributed by atoms with Gasteiger partial charge in [0.15, 0.2) is 0 Å². The molecule has 2 aliphatic heterocycles. The summed E-state index contributed by atoms with van der Waals surface area (Å²) in [6.07, 6.45) is 4.44. The number of amides is 3. The first-order chi connectivity index (χ1) is 15.8. The van der Waals surface area contributed by atoms with Crippen molar-refractivity contribution in [2.45, 2.75) is 95.6 Å². The van der Waals surface area contributed by atoms with Gasteiger partial charge in [0.1, 0.15) is 0 Å². The summed E-state index contributed by atoms with van der Waals surface area (Å²) in [7, 11) is -1.23. The van der Waals surface area contributed by atoms with E-state index in [9.17, 15) is 9.59 Å². The van der Waals surface area contributed by atoms with Crippen LogP contribution in [-0.2, 0) is 13.8 Å². The smallest absolute Gasteiger partial charge is 0.315 e. The van der Waals surface area contributed by atoms with Gasteiger partial charge in [0.05, 0.1) is 37.8 Å². The molecular weight excluding hydrogens is 461 g/mol. The van der Waals surface area contributed by atoms with Crippen LogP contribution in [0.2, 0.25) is 0 Å². The van der Waals surface area contributed by atoms with Crippen LogP contribution in [0.1, 0.15) is 66.2 Å². The maximum absolute atomic E-state index is 12.1.